The fourth-order valence-corrected chi connectivity index (χ4v) is 1.56. The molecule has 0 aliphatic heterocycles. The summed E-state index contributed by atoms with van der Waals surface area (Å²) in [5.41, 5.74) is 8.67. The van der Waals surface area contributed by atoms with Crippen molar-refractivity contribution in [1.82, 2.24) is 9.55 Å². The van der Waals surface area contributed by atoms with Gasteiger partial charge < -0.3 is 10.3 Å². The zero-order valence-corrected chi connectivity index (χ0v) is 8.78. The minimum absolute atomic E-state index is 0.0442. The second-order valence-corrected chi connectivity index (χ2v) is 4.53. The van der Waals surface area contributed by atoms with E-state index >= 15 is 0 Å². The maximum Gasteiger partial charge on any atom is 0.0963 e. The first-order valence-corrected chi connectivity index (χ1v) is 4.71. The molecule has 2 rings (SSSR count). The van der Waals surface area contributed by atoms with Crippen molar-refractivity contribution in [3.05, 3.63) is 24.5 Å². The lowest BCUT2D eigenvalue weighted by atomic mass is 10.1. The largest absolute Gasteiger partial charge is 0.399 e. The van der Waals surface area contributed by atoms with Crippen LogP contribution in [0.15, 0.2) is 24.5 Å². The maximum absolute atomic E-state index is 5.75. The molecule has 1 aromatic carbocycles. The van der Waals surface area contributed by atoms with Gasteiger partial charge in [0.15, 0.2) is 0 Å². The molecule has 2 N–H and O–H groups in total. The summed E-state index contributed by atoms with van der Waals surface area (Å²) in [6, 6.07) is 5.79. The van der Waals surface area contributed by atoms with Crippen LogP contribution in [0, 0.1) is 0 Å². The van der Waals surface area contributed by atoms with Gasteiger partial charge in [-0.15, -0.1) is 0 Å². The molecule has 0 saturated heterocycles. The monoisotopic (exact) mass is 189 g/mol. The molecule has 2 aromatic rings. The van der Waals surface area contributed by atoms with Crippen molar-refractivity contribution >= 4 is 16.7 Å². The average molecular weight is 189 g/mol. The molecule has 0 saturated carbocycles. The fraction of sp³-hybridized carbons (Fsp3) is 0.364. The number of nitrogens with two attached hydrogens (primary N) is 1. The van der Waals surface area contributed by atoms with Crippen LogP contribution in [0.2, 0.25) is 0 Å². The normalized spacial score (nSPS) is 12.2. The zero-order chi connectivity index (χ0) is 10.3. The van der Waals surface area contributed by atoms with E-state index in [-0.39, 0.29) is 5.54 Å². The van der Waals surface area contributed by atoms with Gasteiger partial charge in [0.2, 0.25) is 0 Å². The highest BCUT2D eigenvalue weighted by Gasteiger charge is 2.15. The van der Waals surface area contributed by atoms with Crippen molar-refractivity contribution in [3.8, 4) is 0 Å². The zero-order valence-electron chi connectivity index (χ0n) is 8.78. The Bertz CT molecular complexity index is 463. The van der Waals surface area contributed by atoms with E-state index in [1.807, 2.05) is 24.5 Å². The summed E-state index contributed by atoms with van der Waals surface area (Å²) >= 11 is 0. The Morgan fingerprint density at radius 1 is 1.29 bits per heavy atom. The Labute approximate surface area is 83.6 Å². The minimum Gasteiger partial charge on any atom is -0.399 e. The van der Waals surface area contributed by atoms with Gasteiger partial charge >= 0.3 is 0 Å². The number of aromatic nitrogens is 2. The highest BCUT2D eigenvalue weighted by molar-refractivity contribution is 5.79. The van der Waals surface area contributed by atoms with Gasteiger partial charge in [0, 0.05) is 11.2 Å². The van der Waals surface area contributed by atoms with Gasteiger partial charge in [0.1, 0.15) is 0 Å². The lowest BCUT2D eigenvalue weighted by Gasteiger charge is -2.21. The Balaban J connectivity index is 2.73. The van der Waals surface area contributed by atoms with Crippen LogP contribution < -0.4 is 5.73 Å². The third-order valence-electron chi connectivity index (χ3n) is 2.29. The van der Waals surface area contributed by atoms with Gasteiger partial charge in [0.05, 0.1) is 17.4 Å². The van der Waals surface area contributed by atoms with Gasteiger partial charge in [0.25, 0.3) is 0 Å². The van der Waals surface area contributed by atoms with Gasteiger partial charge in [-0.2, -0.15) is 0 Å². The van der Waals surface area contributed by atoms with Crippen LogP contribution in [0.25, 0.3) is 11.0 Å². The summed E-state index contributed by atoms with van der Waals surface area (Å²) in [4.78, 5) is 4.33. The number of anilines is 1. The maximum atomic E-state index is 5.75. The van der Waals surface area contributed by atoms with Crippen LogP contribution in [0.5, 0.6) is 0 Å². The van der Waals surface area contributed by atoms with Crippen molar-refractivity contribution in [2.75, 3.05) is 5.73 Å². The summed E-state index contributed by atoms with van der Waals surface area (Å²) in [5.74, 6) is 0. The molecule has 0 radical (unpaired) electrons. The topological polar surface area (TPSA) is 43.8 Å². The molecule has 0 aliphatic rings. The van der Waals surface area contributed by atoms with E-state index in [2.05, 4.69) is 30.3 Å². The molecule has 3 nitrogen and oxygen atoms in total. The van der Waals surface area contributed by atoms with Crippen molar-refractivity contribution in [2.24, 2.45) is 0 Å². The van der Waals surface area contributed by atoms with Crippen LogP contribution in [0.3, 0.4) is 0 Å². The second-order valence-electron chi connectivity index (χ2n) is 4.53. The number of hydrogen-bond donors (Lipinski definition) is 1. The number of nitrogens with zero attached hydrogens (tertiary/aromatic N) is 2. The number of hydrogen-bond acceptors (Lipinski definition) is 2. The van der Waals surface area contributed by atoms with Gasteiger partial charge in [-0.05, 0) is 39.0 Å². The number of nitrogen functional groups attached to an aromatic ring is 1. The van der Waals surface area contributed by atoms with Gasteiger partial charge in [-0.1, -0.05) is 0 Å². The van der Waals surface area contributed by atoms with E-state index in [0.717, 1.165) is 16.7 Å². The van der Waals surface area contributed by atoms with E-state index in [0.29, 0.717) is 0 Å². The molecule has 1 aromatic heterocycles. The number of rotatable bonds is 0. The van der Waals surface area contributed by atoms with Gasteiger partial charge in [-0.25, -0.2) is 4.98 Å². The van der Waals surface area contributed by atoms with Crippen molar-refractivity contribution < 1.29 is 0 Å². The summed E-state index contributed by atoms with van der Waals surface area (Å²) in [6.07, 6.45) is 1.87. The molecule has 14 heavy (non-hydrogen) atoms. The molecule has 0 aliphatic carbocycles. The predicted octanol–water partition coefficient (Wildman–Crippen LogP) is 2.37. The average Bonchev–Trinajstić information content (AvgIpc) is 2.45. The molecular weight excluding hydrogens is 174 g/mol. The first-order chi connectivity index (χ1) is 6.48. The molecule has 1 heterocycles. The SMILES string of the molecule is CC(C)(C)n1cnc2ccc(N)cc21. The van der Waals surface area contributed by atoms with E-state index in [9.17, 15) is 0 Å². The van der Waals surface area contributed by atoms with Crippen molar-refractivity contribution in [3.63, 3.8) is 0 Å². The Kier molecular flexibility index (Phi) is 1.77. The highest BCUT2D eigenvalue weighted by Crippen LogP contribution is 2.23. The lowest BCUT2D eigenvalue weighted by Crippen LogP contribution is -2.20. The smallest absolute Gasteiger partial charge is 0.0963 e. The first-order valence-electron chi connectivity index (χ1n) is 4.71. The number of benzene rings is 1. The molecule has 0 atom stereocenters. The van der Waals surface area contributed by atoms with Crippen LogP contribution in [-0.2, 0) is 5.54 Å². The van der Waals surface area contributed by atoms with Crippen LogP contribution in [-0.4, -0.2) is 9.55 Å². The van der Waals surface area contributed by atoms with Crippen LogP contribution in [0.1, 0.15) is 20.8 Å². The molecule has 74 valence electrons. The van der Waals surface area contributed by atoms with Crippen LogP contribution >= 0.6 is 0 Å². The third kappa shape index (κ3) is 1.35. The predicted molar refractivity (Wildman–Crippen MR) is 59.1 cm³/mol. The highest BCUT2D eigenvalue weighted by atomic mass is 15.1. The standard InChI is InChI=1S/C11H15N3/c1-11(2,3)14-7-13-9-5-4-8(12)6-10(9)14/h4-7H,12H2,1-3H3. The van der Waals surface area contributed by atoms with E-state index in [1.165, 1.54) is 0 Å². The van der Waals surface area contributed by atoms with E-state index < -0.39 is 0 Å². The summed E-state index contributed by atoms with van der Waals surface area (Å²) < 4.78 is 2.14. The van der Waals surface area contributed by atoms with Crippen LogP contribution in [0.4, 0.5) is 5.69 Å². The lowest BCUT2D eigenvalue weighted by molar-refractivity contribution is 0.408. The molecule has 0 amide bonds. The molecular formula is C11H15N3. The summed E-state index contributed by atoms with van der Waals surface area (Å²) in [6.45, 7) is 6.45. The van der Waals surface area contributed by atoms with E-state index in [1.54, 1.807) is 0 Å². The fourth-order valence-electron chi connectivity index (χ4n) is 1.56. The molecule has 0 fully saturated rings. The quantitative estimate of drug-likeness (QED) is 0.646. The molecule has 0 unspecified atom stereocenters. The third-order valence-corrected chi connectivity index (χ3v) is 2.29. The van der Waals surface area contributed by atoms with Crippen molar-refractivity contribution in [2.45, 2.75) is 26.3 Å². The summed E-state index contributed by atoms with van der Waals surface area (Å²) in [7, 11) is 0. The number of fused-ring (bicyclic) bond motifs is 1. The Morgan fingerprint density at radius 3 is 2.64 bits per heavy atom. The summed E-state index contributed by atoms with van der Waals surface area (Å²) in [5, 5.41) is 0. The molecule has 0 spiro atoms. The number of imidazole rings is 1. The molecule has 0 bridgehead atoms. The Morgan fingerprint density at radius 2 is 2.00 bits per heavy atom. The Hall–Kier alpha value is -1.51. The molecule has 3 heteroatoms. The second kappa shape index (κ2) is 2.74. The van der Waals surface area contributed by atoms with Gasteiger partial charge in [-0.3, -0.25) is 0 Å². The minimum atomic E-state index is 0.0442. The first kappa shape index (κ1) is 9.06. The van der Waals surface area contributed by atoms with E-state index in [4.69, 9.17) is 5.73 Å². The van der Waals surface area contributed by atoms with Crippen molar-refractivity contribution in [1.29, 1.82) is 0 Å².